The number of carbonyl (C=O) groups is 1. The van der Waals surface area contributed by atoms with Crippen LogP contribution in [0.3, 0.4) is 0 Å². The van der Waals surface area contributed by atoms with Crippen LogP contribution in [-0.4, -0.2) is 51.0 Å². The van der Waals surface area contributed by atoms with E-state index in [1.165, 1.54) is 61.6 Å². The maximum Gasteiger partial charge on any atom is 0.230 e. The van der Waals surface area contributed by atoms with Gasteiger partial charge in [-0.25, -0.2) is 4.39 Å². The Morgan fingerprint density at radius 2 is 1.88 bits per heavy atom. The Hall–Kier alpha value is -2.19. The van der Waals surface area contributed by atoms with Gasteiger partial charge in [-0.2, -0.15) is 0 Å². The standard InChI is InChI=1S/C24H32FN5OS/c25-20-9-11-21(12-10-20)30-22(17-29-15-5-2-6-16-29)27-28-24(30)32-18-23(31)26-14-13-19-7-3-1-4-8-19/h7,9-12H,1-6,8,13-18H2,(H,26,31). The molecule has 1 aliphatic heterocycles. The van der Waals surface area contributed by atoms with Crippen LogP contribution in [0.25, 0.3) is 5.69 Å². The molecule has 4 rings (SSSR count). The summed E-state index contributed by atoms with van der Waals surface area (Å²) in [6.45, 7) is 3.48. The van der Waals surface area contributed by atoms with E-state index >= 15 is 0 Å². The van der Waals surface area contributed by atoms with Crippen molar-refractivity contribution in [3.8, 4) is 5.69 Å². The molecule has 0 spiro atoms. The van der Waals surface area contributed by atoms with Crippen molar-refractivity contribution in [2.75, 3.05) is 25.4 Å². The van der Waals surface area contributed by atoms with Gasteiger partial charge in [0.05, 0.1) is 12.3 Å². The molecule has 0 radical (unpaired) electrons. The number of thioether (sulfide) groups is 1. The molecule has 0 saturated carbocycles. The molecule has 2 aromatic rings. The van der Waals surface area contributed by atoms with Crippen LogP contribution in [0.4, 0.5) is 4.39 Å². The summed E-state index contributed by atoms with van der Waals surface area (Å²) < 4.78 is 15.5. The van der Waals surface area contributed by atoms with Gasteiger partial charge in [0.1, 0.15) is 5.82 Å². The molecule has 6 nitrogen and oxygen atoms in total. The summed E-state index contributed by atoms with van der Waals surface area (Å²) in [5, 5.41) is 12.5. The number of carbonyl (C=O) groups excluding carboxylic acids is 1. The van der Waals surface area contributed by atoms with E-state index in [2.05, 4.69) is 26.5 Å². The van der Waals surface area contributed by atoms with Gasteiger partial charge >= 0.3 is 0 Å². The van der Waals surface area contributed by atoms with E-state index in [4.69, 9.17) is 0 Å². The highest BCUT2D eigenvalue weighted by molar-refractivity contribution is 7.99. The Morgan fingerprint density at radius 3 is 2.62 bits per heavy atom. The van der Waals surface area contributed by atoms with Crippen molar-refractivity contribution < 1.29 is 9.18 Å². The SMILES string of the molecule is O=C(CSc1nnc(CN2CCCCC2)n1-c1ccc(F)cc1)NCCC1=CCCCC1. The van der Waals surface area contributed by atoms with E-state index < -0.39 is 0 Å². The van der Waals surface area contributed by atoms with Crippen molar-refractivity contribution in [3.63, 3.8) is 0 Å². The molecule has 1 aromatic heterocycles. The molecule has 1 amide bonds. The number of benzene rings is 1. The van der Waals surface area contributed by atoms with E-state index in [-0.39, 0.29) is 17.5 Å². The summed E-state index contributed by atoms with van der Waals surface area (Å²) in [5.74, 6) is 0.826. The van der Waals surface area contributed by atoms with Crippen LogP contribution in [-0.2, 0) is 11.3 Å². The molecule has 0 unspecified atom stereocenters. The second-order valence-corrected chi connectivity index (χ2v) is 9.49. The number of nitrogens with one attached hydrogen (secondary N) is 1. The van der Waals surface area contributed by atoms with Crippen LogP contribution in [0.2, 0.25) is 0 Å². The van der Waals surface area contributed by atoms with Crippen molar-refractivity contribution in [1.82, 2.24) is 25.0 Å². The second-order valence-electron chi connectivity index (χ2n) is 8.54. The summed E-state index contributed by atoms with van der Waals surface area (Å²) in [6.07, 6.45) is 11.8. The zero-order valence-electron chi connectivity index (χ0n) is 18.6. The van der Waals surface area contributed by atoms with Crippen LogP contribution < -0.4 is 5.32 Å². The van der Waals surface area contributed by atoms with Crippen LogP contribution in [0, 0.1) is 5.82 Å². The highest BCUT2D eigenvalue weighted by atomic mass is 32.2. The van der Waals surface area contributed by atoms with Gasteiger partial charge in [0, 0.05) is 12.2 Å². The number of hydrogen-bond donors (Lipinski definition) is 1. The van der Waals surface area contributed by atoms with Crippen molar-refractivity contribution in [3.05, 3.63) is 47.6 Å². The maximum atomic E-state index is 13.5. The third-order valence-corrected chi connectivity index (χ3v) is 7.01. The minimum Gasteiger partial charge on any atom is -0.355 e. The summed E-state index contributed by atoms with van der Waals surface area (Å²) in [7, 11) is 0. The van der Waals surface area contributed by atoms with Gasteiger partial charge in [-0.1, -0.05) is 29.8 Å². The lowest BCUT2D eigenvalue weighted by molar-refractivity contribution is -0.118. The molecule has 1 saturated heterocycles. The molecule has 1 aromatic carbocycles. The Bertz CT molecular complexity index is 921. The van der Waals surface area contributed by atoms with Gasteiger partial charge in [0.25, 0.3) is 0 Å². The third kappa shape index (κ3) is 6.42. The number of hydrogen-bond acceptors (Lipinski definition) is 5. The zero-order valence-corrected chi connectivity index (χ0v) is 19.4. The van der Waals surface area contributed by atoms with Gasteiger partial charge in [0.15, 0.2) is 11.0 Å². The highest BCUT2D eigenvalue weighted by Gasteiger charge is 2.19. The molecule has 1 N–H and O–H groups in total. The number of piperidine rings is 1. The van der Waals surface area contributed by atoms with Gasteiger partial charge in [0.2, 0.25) is 5.91 Å². The monoisotopic (exact) mass is 457 g/mol. The Labute approximate surface area is 193 Å². The normalized spacial score (nSPS) is 17.2. The van der Waals surface area contributed by atoms with Crippen LogP contribution in [0.15, 0.2) is 41.1 Å². The molecule has 172 valence electrons. The van der Waals surface area contributed by atoms with Crippen LogP contribution in [0.1, 0.15) is 57.2 Å². The topological polar surface area (TPSA) is 63.1 Å². The quantitative estimate of drug-likeness (QED) is 0.444. The maximum absolute atomic E-state index is 13.5. The predicted molar refractivity (Wildman–Crippen MR) is 125 cm³/mol. The number of aromatic nitrogens is 3. The Morgan fingerprint density at radius 1 is 1.06 bits per heavy atom. The summed E-state index contributed by atoms with van der Waals surface area (Å²) in [5.41, 5.74) is 2.28. The number of likely N-dealkylation sites (tertiary alicyclic amines) is 1. The molecule has 1 aliphatic carbocycles. The number of allylic oxidation sites excluding steroid dienone is 1. The lowest BCUT2D eigenvalue weighted by atomic mass is 9.97. The number of halogens is 1. The summed E-state index contributed by atoms with van der Waals surface area (Å²) in [6, 6.07) is 6.36. The van der Waals surface area contributed by atoms with Crippen LogP contribution >= 0.6 is 11.8 Å². The van der Waals surface area contributed by atoms with Crippen molar-refractivity contribution in [2.45, 2.75) is 63.1 Å². The molecule has 1 fully saturated rings. The fraction of sp³-hybridized carbons (Fsp3) is 0.542. The summed E-state index contributed by atoms with van der Waals surface area (Å²) in [4.78, 5) is 14.8. The number of amides is 1. The van der Waals surface area contributed by atoms with Gasteiger partial charge in [-0.05, 0) is 82.3 Å². The molecule has 32 heavy (non-hydrogen) atoms. The van der Waals surface area contributed by atoms with Crippen molar-refractivity contribution in [1.29, 1.82) is 0 Å². The molecule has 0 bridgehead atoms. The molecule has 8 heteroatoms. The average molecular weight is 458 g/mol. The number of nitrogens with zero attached hydrogens (tertiary/aromatic N) is 4. The molecular formula is C24H32FN5OS. The third-order valence-electron chi connectivity index (χ3n) is 6.08. The van der Waals surface area contributed by atoms with Crippen LogP contribution in [0.5, 0.6) is 0 Å². The second kappa shape index (κ2) is 11.6. The number of rotatable bonds is 9. The Kier molecular flexibility index (Phi) is 8.34. The van der Waals surface area contributed by atoms with Crippen molar-refractivity contribution in [2.24, 2.45) is 0 Å². The minimum absolute atomic E-state index is 0.00218. The molecule has 0 atom stereocenters. The lowest BCUT2D eigenvalue weighted by Gasteiger charge is -2.26. The molecule has 2 aliphatic rings. The highest BCUT2D eigenvalue weighted by Crippen LogP contribution is 2.24. The summed E-state index contributed by atoms with van der Waals surface area (Å²) >= 11 is 1.37. The first-order chi connectivity index (χ1) is 15.7. The molecule has 2 heterocycles. The van der Waals surface area contributed by atoms with E-state index in [0.29, 0.717) is 18.2 Å². The minimum atomic E-state index is -0.277. The fourth-order valence-corrected chi connectivity index (χ4v) is 5.14. The van der Waals surface area contributed by atoms with Gasteiger partial charge < -0.3 is 5.32 Å². The van der Waals surface area contributed by atoms with Gasteiger partial charge in [-0.15, -0.1) is 10.2 Å². The predicted octanol–water partition coefficient (Wildman–Crippen LogP) is 4.49. The molecular weight excluding hydrogens is 425 g/mol. The zero-order chi connectivity index (χ0) is 22.2. The van der Waals surface area contributed by atoms with E-state index in [0.717, 1.165) is 43.9 Å². The van der Waals surface area contributed by atoms with Crippen molar-refractivity contribution >= 4 is 17.7 Å². The first kappa shape index (κ1) is 23.0. The average Bonchev–Trinajstić information content (AvgIpc) is 3.22. The largest absolute Gasteiger partial charge is 0.355 e. The van der Waals surface area contributed by atoms with E-state index in [1.54, 1.807) is 12.1 Å². The lowest BCUT2D eigenvalue weighted by Crippen LogP contribution is -2.30. The van der Waals surface area contributed by atoms with E-state index in [9.17, 15) is 9.18 Å². The first-order valence-electron chi connectivity index (χ1n) is 11.7. The van der Waals surface area contributed by atoms with Gasteiger partial charge in [-0.3, -0.25) is 14.3 Å². The first-order valence-corrected chi connectivity index (χ1v) is 12.7. The fourth-order valence-electron chi connectivity index (χ4n) is 4.34. The smallest absolute Gasteiger partial charge is 0.230 e. The van der Waals surface area contributed by atoms with E-state index in [1.807, 2.05) is 4.57 Å². The Balaban J connectivity index is 1.39.